The lowest BCUT2D eigenvalue weighted by Gasteiger charge is -2.44. The lowest BCUT2D eigenvalue weighted by molar-refractivity contribution is -0.159. The zero-order chi connectivity index (χ0) is 30.1. The van der Waals surface area contributed by atoms with Gasteiger partial charge in [0.05, 0.1) is 18.2 Å². The Kier molecular flexibility index (Phi) is 10.5. The Morgan fingerprint density at radius 3 is 2.00 bits per heavy atom. The molecule has 4 rings (SSSR count). The average Bonchev–Trinajstić information content (AvgIpc) is 3.00. The Labute approximate surface area is 250 Å². The third kappa shape index (κ3) is 7.64. The van der Waals surface area contributed by atoms with Crippen LogP contribution in [-0.2, 0) is 24.5 Å². The van der Waals surface area contributed by atoms with E-state index >= 15 is 0 Å². The number of rotatable bonds is 10. The molecule has 0 radical (unpaired) electrons. The summed E-state index contributed by atoms with van der Waals surface area (Å²) in [5.41, 5.74) is 3.51. The van der Waals surface area contributed by atoms with Gasteiger partial charge in [-0.05, 0) is 49.7 Å². The van der Waals surface area contributed by atoms with Crippen LogP contribution in [0.1, 0.15) is 70.6 Å². The van der Waals surface area contributed by atoms with Gasteiger partial charge >= 0.3 is 11.9 Å². The molecule has 1 fully saturated rings. The molecule has 5 heteroatoms. The highest BCUT2D eigenvalue weighted by Gasteiger charge is 2.42. The van der Waals surface area contributed by atoms with E-state index in [9.17, 15) is 9.59 Å². The third-order valence-electron chi connectivity index (χ3n) is 8.36. The molecule has 4 atom stereocenters. The number of carbonyl (C=O) groups is 2. The van der Waals surface area contributed by atoms with Crippen molar-refractivity contribution in [3.8, 4) is 0 Å². The first-order chi connectivity index (χ1) is 20.2. The molecule has 0 amide bonds. The number of nitrogens with zero attached hydrogens (tertiary/aromatic N) is 1. The first-order valence-corrected chi connectivity index (χ1v) is 15.0. The molecule has 1 saturated carbocycles. The molecule has 0 saturated heterocycles. The van der Waals surface area contributed by atoms with E-state index in [-0.39, 0.29) is 35.7 Å². The summed E-state index contributed by atoms with van der Waals surface area (Å²) in [6.45, 7) is 10.4. The van der Waals surface area contributed by atoms with Crippen LogP contribution in [0.25, 0.3) is 0 Å². The van der Waals surface area contributed by atoms with Crippen molar-refractivity contribution in [3.05, 3.63) is 119 Å². The number of hydrogen-bond acceptors (Lipinski definition) is 5. The second-order valence-electron chi connectivity index (χ2n) is 11.8. The Morgan fingerprint density at radius 2 is 1.45 bits per heavy atom. The second kappa shape index (κ2) is 14.3. The monoisotopic (exact) mass is 565 g/mol. The summed E-state index contributed by atoms with van der Waals surface area (Å²) >= 11 is 0. The van der Waals surface area contributed by atoms with Gasteiger partial charge < -0.3 is 9.47 Å². The summed E-state index contributed by atoms with van der Waals surface area (Å²) in [7, 11) is 0. The van der Waals surface area contributed by atoms with Crippen LogP contribution < -0.4 is 0 Å². The number of esters is 2. The Hall–Kier alpha value is -3.99. The lowest BCUT2D eigenvalue weighted by Crippen LogP contribution is -2.44. The van der Waals surface area contributed by atoms with Crippen molar-refractivity contribution < 1.29 is 19.1 Å². The van der Waals surface area contributed by atoms with Crippen molar-refractivity contribution in [2.45, 2.75) is 65.4 Å². The SMILES string of the molecule is CCOC(=O)/C(=C/[C@H](C)C(=O)OC1CC(C)CCC1C(C)(C)c1ccccc1)N=C(c1ccccc1)c1ccccc1. The van der Waals surface area contributed by atoms with Gasteiger partial charge in [0.2, 0.25) is 0 Å². The molecular weight excluding hydrogens is 522 g/mol. The summed E-state index contributed by atoms with van der Waals surface area (Å²) < 4.78 is 11.6. The molecule has 1 aliphatic rings. The van der Waals surface area contributed by atoms with Crippen LogP contribution in [0, 0.1) is 17.8 Å². The molecule has 1 aliphatic carbocycles. The smallest absolute Gasteiger partial charge is 0.356 e. The average molecular weight is 566 g/mol. The Bertz CT molecular complexity index is 1340. The summed E-state index contributed by atoms with van der Waals surface area (Å²) in [5.74, 6) is -0.979. The molecule has 5 nitrogen and oxygen atoms in total. The van der Waals surface area contributed by atoms with Crippen LogP contribution in [0.3, 0.4) is 0 Å². The fourth-order valence-electron chi connectivity index (χ4n) is 5.89. The maximum Gasteiger partial charge on any atom is 0.356 e. The van der Waals surface area contributed by atoms with E-state index in [4.69, 9.17) is 14.5 Å². The van der Waals surface area contributed by atoms with E-state index in [1.807, 2.05) is 66.7 Å². The van der Waals surface area contributed by atoms with Crippen LogP contribution in [0.15, 0.2) is 108 Å². The largest absolute Gasteiger partial charge is 0.462 e. The Balaban J connectivity index is 1.64. The van der Waals surface area contributed by atoms with Gasteiger partial charge in [-0.15, -0.1) is 0 Å². The molecular formula is C37H43NO4. The van der Waals surface area contributed by atoms with Gasteiger partial charge in [0.25, 0.3) is 0 Å². The quantitative estimate of drug-likeness (QED) is 0.142. The van der Waals surface area contributed by atoms with E-state index < -0.39 is 11.9 Å². The van der Waals surface area contributed by atoms with Crippen LogP contribution in [0.5, 0.6) is 0 Å². The van der Waals surface area contributed by atoms with Crippen LogP contribution in [-0.4, -0.2) is 30.4 Å². The summed E-state index contributed by atoms with van der Waals surface area (Å²) in [6.07, 6.45) is 4.27. The van der Waals surface area contributed by atoms with E-state index in [0.29, 0.717) is 11.6 Å². The Morgan fingerprint density at radius 1 is 0.905 bits per heavy atom. The van der Waals surface area contributed by atoms with Gasteiger partial charge in [-0.2, -0.15) is 0 Å². The number of carbonyl (C=O) groups excluding carboxylic acids is 2. The first kappa shape index (κ1) is 31.0. The minimum Gasteiger partial charge on any atom is -0.462 e. The fraction of sp³-hybridized carbons (Fsp3) is 0.378. The molecule has 0 bridgehead atoms. The number of benzene rings is 3. The first-order valence-electron chi connectivity index (χ1n) is 15.0. The van der Waals surface area contributed by atoms with E-state index in [1.54, 1.807) is 19.9 Å². The maximum absolute atomic E-state index is 13.6. The van der Waals surface area contributed by atoms with Crippen molar-refractivity contribution in [1.82, 2.24) is 0 Å². The van der Waals surface area contributed by atoms with Gasteiger partial charge in [0, 0.05) is 17.0 Å². The van der Waals surface area contributed by atoms with Gasteiger partial charge in [-0.3, -0.25) is 4.79 Å². The van der Waals surface area contributed by atoms with E-state index in [1.165, 1.54) is 5.56 Å². The van der Waals surface area contributed by atoms with Gasteiger partial charge in [0.15, 0.2) is 0 Å². The minimum atomic E-state index is -0.696. The normalized spacial score (nSPS) is 19.8. The predicted molar refractivity (Wildman–Crippen MR) is 168 cm³/mol. The van der Waals surface area contributed by atoms with Crippen LogP contribution >= 0.6 is 0 Å². The molecule has 220 valence electrons. The van der Waals surface area contributed by atoms with Gasteiger partial charge in [-0.1, -0.05) is 118 Å². The summed E-state index contributed by atoms with van der Waals surface area (Å²) in [6, 6.07) is 29.9. The molecule has 0 heterocycles. The zero-order valence-electron chi connectivity index (χ0n) is 25.5. The highest BCUT2D eigenvalue weighted by atomic mass is 16.5. The second-order valence-corrected chi connectivity index (χ2v) is 11.8. The summed E-state index contributed by atoms with van der Waals surface area (Å²) in [4.78, 5) is 31.5. The molecule has 42 heavy (non-hydrogen) atoms. The standard InChI is InChI=1S/C37H43NO4/c1-6-41-36(40)32(38-34(28-16-10-7-11-17-28)29-18-12-8-13-19-29)25-27(3)35(39)42-33-24-26(2)22-23-31(33)37(4,5)30-20-14-9-15-21-30/h7-21,25-27,31,33H,6,22-24H2,1-5H3/b32-25-/t26?,27-,31?,33?/m0/s1. The number of ether oxygens (including phenoxy) is 2. The van der Waals surface area contributed by atoms with Crippen LogP contribution in [0.2, 0.25) is 0 Å². The van der Waals surface area contributed by atoms with Gasteiger partial charge in [-0.25, -0.2) is 9.79 Å². The lowest BCUT2D eigenvalue weighted by atomic mass is 9.64. The molecule has 3 aromatic rings. The predicted octanol–water partition coefficient (Wildman–Crippen LogP) is 7.93. The molecule has 0 aliphatic heterocycles. The molecule has 0 spiro atoms. The fourth-order valence-corrected chi connectivity index (χ4v) is 5.89. The highest BCUT2D eigenvalue weighted by molar-refractivity contribution is 6.14. The number of aliphatic imine (C=N–C) groups is 1. The van der Waals surface area contributed by atoms with Crippen molar-refractivity contribution in [2.24, 2.45) is 22.7 Å². The summed E-state index contributed by atoms with van der Waals surface area (Å²) in [5, 5.41) is 0. The highest BCUT2D eigenvalue weighted by Crippen LogP contribution is 2.43. The van der Waals surface area contributed by atoms with Crippen molar-refractivity contribution >= 4 is 17.7 Å². The molecule has 3 unspecified atom stereocenters. The number of hydrogen-bond donors (Lipinski definition) is 0. The van der Waals surface area contributed by atoms with E-state index in [0.717, 1.165) is 30.4 Å². The van der Waals surface area contributed by atoms with Crippen molar-refractivity contribution in [3.63, 3.8) is 0 Å². The topological polar surface area (TPSA) is 65.0 Å². The molecule has 3 aromatic carbocycles. The molecule has 0 aromatic heterocycles. The van der Waals surface area contributed by atoms with Crippen molar-refractivity contribution in [2.75, 3.05) is 6.61 Å². The minimum absolute atomic E-state index is 0.0854. The van der Waals surface area contributed by atoms with Gasteiger partial charge in [0.1, 0.15) is 11.8 Å². The van der Waals surface area contributed by atoms with Crippen LogP contribution in [0.4, 0.5) is 0 Å². The maximum atomic E-state index is 13.6. The van der Waals surface area contributed by atoms with E-state index in [2.05, 4.69) is 45.0 Å². The van der Waals surface area contributed by atoms with Crippen molar-refractivity contribution in [1.29, 1.82) is 0 Å². The third-order valence-corrected chi connectivity index (χ3v) is 8.36. The molecule has 0 N–H and O–H groups in total. The zero-order valence-corrected chi connectivity index (χ0v) is 25.5.